The molecule has 1 unspecified atom stereocenters. The minimum Gasteiger partial charge on any atom is -0.444 e. The molecule has 1 aliphatic carbocycles. The molecule has 0 saturated heterocycles. The van der Waals surface area contributed by atoms with Crippen LogP contribution >= 0.6 is 11.3 Å². The fourth-order valence-corrected chi connectivity index (χ4v) is 3.54. The lowest BCUT2D eigenvalue weighted by molar-refractivity contribution is 0.0507. The molecule has 0 bridgehead atoms. The summed E-state index contributed by atoms with van der Waals surface area (Å²) in [5.41, 5.74) is -0.533. The van der Waals surface area contributed by atoms with Gasteiger partial charge in [0.1, 0.15) is 5.60 Å². The van der Waals surface area contributed by atoms with E-state index >= 15 is 0 Å². The number of hydrogen-bond donors (Lipinski definition) is 2. The average molecular weight is 339 g/mol. The van der Waals surface area contributed by atoms with E-state index in [-0.39, 0.29) is 11.6 Å². The van der Waals surface area contributed by atoms with Gasteiger partial charge in [0, 0.05) is 28.4 Å². The SMILES string of the molecule is CCc1ccc(CNC(C)(CNC(=O)OC(C)(C)C)C2CC2)s1. The third-order valence-corrected chi connectivity index (χ3v) is 5.44. The van der Waals surface area contributed by atoms with Crippen molar-refractivity contribution >= 4 is 17.4 Å². The zero-order valence-corrected chi connectivity index (χ0v) is 15.8. The van der Waals surface area contributed by atoms with Crippen LogP contribution in [0.15, 0.2) is 12.1 Å². The van der Waals surface area contributed by atoms with Crippen molar-refractivity contribution in [2.75, 3.05) is 6.54 Å². The zero-order valence-electron chi connectivity index (χ0n) is 15.0. The topological polar surface area (TPSA) is 50.4 Å². The first-order valence-corrected chi connectivity index (χ1v) is 9.33. The third-order valence-electron chi connectivity index (χ3n) is 4.21. The van der Waals surface area contributed by atoms with Crippen molar-refractivity contribution in [2.45, 2.75) is 71.6 Å². The number of aryl methyl sites for hydroxylation is 1. The molecule has 1 saturated carbocycles. The number of carbonyl (C=O) groups excluding carboxylic acids is 1. The maximum absolute atomic E-state index is 11.9. The van der Waals surface area contributed by atoms with Gasteiger partial charge in [0.15, 0.2) is 0 Å². The summed E-state index contributed by atoms with van der Waals surface area (Å²) in [5.74, 6) is 0.628. The van der Waals surface area contributed by atoms with Crippen molar-refractivity contribution in [3.63, 3.8) is 0 Å². The molecule has 5 heteroatoms. The van der Waals surface area contributed by atoms with Crippen LogP contribution in [0.25, 0.3) is 0 Å². The Bertz CT molecular complexity index is 531. The van der Waals surface area contributed by atoms with E-state index in [4.69, 9.17) is 4.74 Å². The molecule has 0 aliphatic heterocycles. The first-order chi connectivity index (χ1) is 10.7. The van der Waals surface area contributed by atoms with Gasteiger partial charge in [-0.3, -0.25) is 0 Å². The quantitative estimate of drug-likeness (QED) is 0.787. The highest BCUT2D eigenvalue weighted by atomic mass is 32.1. The summed E-state index contributed by atoms with van der Waals surface area (Å²) in [5, 5.41) is 6.60. The van der Waals surface area contributed by atoms with Gasteiger partial charge in [0.05, 0.1) is 0 Å². The van der Waals surface area contributed by atoms with Gasteiger partial charge in [-0.1, -0.05) is 6.92 Å². The van der Waals surface area contributed by atoms with Crippen LogP contribution in [0.4, 0.5) is 4.79 Å². The van der Waals surface area contributed by atoms with Gasteiger partial charge in [0.2, 0.25) is 0 Å². The molecule has 1 heterocycles. The largest absolute Gasteiger partial charge is 0.444 e. The number of carbonyl (C=O) groups is 1. The number of thiophene rings is 1. The number of alkyl carbamates (subject to hydrolysis) is 1. The minimum atomic E-state index is -0.457. The zero-order chi connectivity index (χ0) is 17.1. The normalized spacial score (nSPS) is 17.6. The van der Waals surface area contributed by atoms with E-state index in [9.17, 15) is 4.79 Å². The van der Waals surface area contributed by atoms with Crippen LogP contribution in [0.1, 0.15) is 57.2 Å². The Balaban J connectivity index is 1.87. The molecule has 1 aromatic heterocycles. The molecular weight excluding hydrogens is 308 g/mol. The number of amides is 1. The van der Waals surface area contributed by atoms with E-state index in [1.165, 1.54) is 22.6 Å². The molecule has 1 amide bonds. The molecule has 23 heavy (non-hydrogen) atoms. The first kappa shape index (κ1) is 18.3. The van der Waals surface area contributed by atoms with Crippen LogP contribution in [-0.4, -0.2) is 23.8 Å². The molecule has 0 spiro atoms. The highest BCUT2D eigenvalue weighted by Gasteiger charge is 2.41. The van der Waals surface area contributed by atoms with Crippen LogP contribution in [-0.2, 0) is 17.7 Å². The van der Waals surface area contributed by atoms with Gasteiger partial charge >= 0.3 is 6.09 Å². The second kappa shape index (κ2) is 7.22. The van der Waals surface area contributed by atoms with Gasteiger partial charge < -0.3 is 15.4 Å². The summed E-state index contributed by atoms with van der Waals surface area (Å²) in [4.78, 5) is 14.7. The van der Waals surface area contributed by atoms with E-state index in [1.807, 2.05) is 32.1 Å². The van der Waals surface area contributed by atoms with Crippen molar-refractivity contribution in [3.8, 4) is 0 Å². The van der Waals surface area contributed by atoms with Gasteiger partial charge in [-0.25, -0.2) is 4.79 Å². The second-order valence-electron chi connectivity index (χ2n) is 7.62. The Morgan fingerprint density at radius 1 is 1.26 bits per heavy atom. The second-order valence-corrected chi connectivity index (χ2v) is 8.88. The van der Waals surface area contributed by atoms with E-state index < -0.39 is 5.60 Å². The summed E-state index contributed by atoms with van der Waals surface area (Å²) >= 11 is 1.86. The maximum atomic E-state index is 11.9. The van der Waals surface area contributed by atoms with Gasteiger partial charge in [-0.05, 0) is 65.0 Å². The molecule has 2 rings (SSSR count). The molecular formula is C18H30N2O2S. The molecule has 1 fully saturated rings. The average Bonchev–Trinajstić information content (AvgIpc) is 3.21. The Hall–Kier alpha value is -1.07. The third kappa shape index (κ3) is 5.81. The van der Waals surface area contributed by atoms with Crippen LogP contribution in [0, 0.1) is 5.92 Å². The van der Waals surface area contributed by atoms with Gasteiger partial charge in [-0.2, -0.15) is 0 Å². The Morgan fingerprint density at radius 3 is 2.43 bits per heavy atom. The minimum absolute atomic E-state index is 0.0761. The van der Waals surface area contributed by atoms with Gasteiger partial charge in [-0.15, -0.1) is 11.3 Å². The Labute approximate surface area is 144 Å². The summed E-state index contributed by atoms with van der Waals surface area (Å²) < 4.78 is 5.34. The molecule has 1 atom stereocenters. The lowest BCUT2D eigenvalue weighted by Gasteiger charge is -2.32. The summed E-state index contributed by atoms with van der Waals surface area (Å²) in [6.45, 7) is 11.5. The van der Waals surface area contributed by atoms with Crippen molar-refractivity contribution in [3.05, 3.63) is 21.9 Å². The van der Waals surface area contributed by atoms with E-state index in [1.54, 1.807) is 0 Å². The van der Waals surface area contributed by atoms with E-state index in [0.717, 1.165) is 13.0 Å². The van der Waals surface area contributed by atoms with Crippen LogP contribution in [0.2, 0.25) is 0 Å². The number of ether oxygens (including phenoxy) is 1. The standard InChI is InChI=1S/C18H30N2O2S/c1-6-14-9-10-15(23-14)11-20-18(5,13-7-8-13)12-19-16(21)22-17(2,3)4/h9-10,13,20H,6-8,11-12H2,1-5H3,(H,19,21). The Kier molecular flexibility index (Phi) is 5.74. The number of rotatable bonds is 7. The maximum Gasteiger partial charge on any atom is 0.407 e. The summed E-state index contributed by atoms with van der Waals surface area (Å²) in [7, 11) is 0. The predicted molar refractivity (Wildman–Crippen MR) is 95.9 cm³/mol. The van der Waals surface area contributed by atoms with Crippen molar-refractivity contribution in [1.29, 1.82) is 0 Å². The van der Waals surface area contributed by atoms with Gasteiger partial charge in [0.25, 0.3) is 0 Å². The summed E-state index contributed by atoms with van der Waals surface area (Å²) in [6, 6.07) is 4.40. The highest BCUT2D eigenvalue weighted by molar-refractivity contribution is 7.11. The molecule has 130 valence electrons. The van der Waals surface area contributed by atoms with Crippen LogP contribution in [0.5, 0.6) is 0 Å². The smallest absolute Gasteiger partial charge is 0.407 e. The number of nitrogens with one attached hydrogen (secondary N) is 2. The van der Waals surface area contributed by atoms with Crippen LogP contribution < -0.4 is 10.6 Å². The monoisotopic (exact) mass is 338 g/mol. The highest BCUT2D eigenvalue weighted by Crippen LogP contribution is 2.39. The van der Waals surface area contributed by atoms with E-state index in [0.29, 0.717) is 12.5 Å². The molecule has 2 N–H and O–H groups in total. The van der Waals surface area contributed by atoms with Crippen LogP contribution in [0.3, 0.4) is 0 Å². The molecule has 1 aromatic rings. The molecule has 0 aromatic carbocycles. The molecule has 4 nitrogen and oxygen atoms in total. The summed E-state index contributed by atoms with van der Waals surface area (Å²) in [6.07, 6.45) is 3.20. The Morgan fingerprint density at radius 2 is 1.91 bits per heavy atom. The van der Waals surface area contributed by atoms with Crippen molar-refractivity contribution in [2.24, 2.45) is 5.92 Å². The van der Waals surface area contributed by atoms with E-state index in [2.05, 4.69) is 36.6 Å². The number of hydrogen-bond acceptors (Lipinski definition) is 4. The predicted octanol–water partition coefficient (Wildman–Crippen LogP) is 4.09. The lowest BCUT2D eigenvalue weighted by atomic mass is 9.95. The van der Waals surface area contributed by atoms with Crippen molar-refractivity contribution < 1.29 is 9.53 Å². The van der Waals surface area contributed by atoms with Crippen molar-refractivity contribution in [1.82, 2.24) is 10.6 Å². The lowest BCUT2D eigenvalue weighted by Crippen LogP contribution is -2.53. The fourth-order valence-electron chi connectivity index (χ4n) is 2.64. The molecule has 0 radical (unpaired) electrons. The fraction of sp³-hybridized carbons (Fsp3) is 0.722. The molecule has 1 aliphatic rings. The first-order valence-electron chi connectivity index (χ1n) is 8.51.